The molecule has 0 aliphatic carbocycles. The zero-order valence-corrected chi connectivity index (χ0v) is 13.4. The molecular weight excluding hydrogens is 268 g/mol. The smallest absolute Gasteiger partial charge is 0.306 e. The van der Waals surface area contributed by atoms with E-state index >= 15 is 0 Å². The molecule has 4 heteroatoms. The molecule has 2 saturated heterocycles. The van der Waals surface area contributed by atoms with Crippen molar-refractivity contribution in [2.75, 3.05) is 13.2 Å². The largest absolute Gasteiger partial charge is 0.462 e. The normalized spacial score (nSPS) is 26.9. The number of hydrogen-bond donors (Lipinski definition) is 0. The van der Waals surface area contributed by atoms with Gasteiger partial charge in [-0.15, -0.1) is 0 Å². The fraction of sp³-hybridized carbons (Fsp3) is 0.941. The van der Waals surface area contributed by atoms with Crippen molar-refractivity contribution in [2.45, 2.75) is 89.4 Å². The van der Waals surface area contributed by atoms with Crippen LogP contribution in [0.3, 0.4) is 0 Å². The quantitative estimate of drug-likeness (QED) is 0.610. The Kier molecular flexibility index (Phi) is 7.51. The lowest BCUT2D eigenvalue weighted by Crippen LogP contribution is -2.22. The summed E-state index contributed by atoms with van der Waals surface area (Å²) in [5.74, 6) is -0.0535. The second-order valence-corrected chi connectivity index (χ2v) is 6.29. The Morgan fingerprint density at radius 1 is 1.10 bits per heavy atom. The average Bonchev–Trinajstić information content (AvgIpc) is 3.15. The van der Waals surface area contributed by atoms with E-state index in [1.165, 1.54) is 12.8 Å². The van der Waals surface area contributed by atoms with Gasteiger partial charge < -0.3 is 14.2 Å². The molecule has 2 aliphatic heterocycles. The van der Waals surface area contributed by atoms with Crippen LogP contribution in [0.15, 0.2) is 0 Å². The molecule has 2 heterocycles. The summed E-state index contributed by atoms with van der Waals surface area (Å²) in [6.45, 7) is 3.79. The first kappa shape index (κ1) is 16.8. The van der Waals surface area contributed by atoms with Crippen LogP contribution in [-0.4, -0.2) is 37.5 Å². The molecular formula is C17H30O4. The van der Waals surface area contributed by atoms with Crippen molar-refractivity contribution < 1.29 is 19.0 Å². The fourth-order valence-electron chi connectivity index (χ4n) is 3.20. The molecule has 0 aromatic carbocycles. The van der Waals surface area contributed by atoms with Gasteiger partial charge in [-0.1, -0.05) is 6.92 Å². The van der Waals surface area contributed by atoms with Crippen LogP contribution in [0.25, 0.3) is 0 Å². The van der Waals surface area contributed by atoms with Crippen LogP contribution in [0.5, 0.6) is 0 Å². The zero-order chi connectivity index (χ0) is 14.9. The van der Waals surface area contributed by atoms with Gasteiger partial charge in [0.1, 0.15) is 6.10 Å². The van der Waals surface area contributed by atoms with E-state index < -0.39 is 0 Å². The molecule has 4 nitrogen and oxygen atoms in total. The first-order valence-electron chi connectivity index (χ1n) is 8.70. The number of carbonyl (C=O) groups excluding carboxylic acids is 1. The van der Waals surface area contributed by atoms with Crippen molar-refractivity contribution in [3.63, 3.8) is 0 Å². The number of hydrogen-bond acceptors (Lipinski definition) is 4. The van der Waals surface area contributed by atoms with Gasteiger partial charge in [-0.3, -0.25) is 4.79 Å². The van der Waals surface area contributed by atoms with Gasteiger partial charge >= 0.3 is 5.97 Å². The fourth-order valence-corrected chi connectivity index (χ4v) is 3.20. The third kappa shape index (κ3) is 6.35. The van der Waals surface area contributed by atoms with Gasteiger partial charge in [0.15, 0.2) is 0 Å². The molecule has 0 radical (unpaired) electrons. The minimum absolute atomic E-state index is 0.0393. The molecule has 122 valence electrons. The van der Waals surface area contributed by atoms with Crippen LogP contribution >= 0.6 is 0 Å². The third-order valence-corrected chi connectivity index (χ3v) is 4.42. The Morgan fingerprint density at radius 3 is 2.10 bits per heavy atom. The second kappa shape index (κ2) is 9.42. The lowest BCUT2D eigenvalue weighted by Gasteiger charge is -2.21. The summed E-state index contributed by atoms with van der Waals surface area (Å²) >= 11 is 0. The predicted molar refractivity (Wildman–Crippen MR) is 81.2 cm³/mol. The van der Waals surface area contributed by atoms with Gasteiger partial charge in [0.2, 0.25) is 0 Å². The van der Waals surface area contributed by atoms with Crippen LogP contribution in [0.4, 0.5) is 0 Å². The first-order valence-corrected chi connectivity index (χ1v) is 8.70. The maximum Gasteiger partial charge on any atom is 0.306 e. The van der Waals surface area contributed by atoms with Crippen molar-refractivity contribution >= 4 is 5.97 Å². The van der Waals surface area contributed by atoms with Gasteiger partial charge in [0, 0.05) is 19.6 Å². The van der Waals surface area contributed by atoms with E-state index in [4.69, 9.17) is 14.2 Å². The molecule has 0 bridgehead atoms. The van der Waals surface area contributed by atoms with Gasteiger partial charge in [0.05, 0.1) is 12.2 Å². The van der Waals surface area contributed by atoms with Gasteiger partial charge in [-0.2, -0.15) is 0 Å². The molecule has 2 rings (SSSR count). The zero-order valence-electron chi connectivity index (χ0n) is 13.4. The highest BCUT2D eigenvalue weighted by Crippen LogP contribution is 2.23. The van der Waals surface area contributed by atoms with Crippen LogP contribution in [0.1, 0.15) is 71.1 Å². The summed E-state index contributed by atoms with van der Waals surface area (Å²) in [5.41, 5.74) is 0. The molecule has 3 atom stereocenters. The van der Waals surface area contributed by atoms with E-state index in [0.717, 1.165) is 58.2 Å². The Bertz CT molecular complexity index is 273. The van der Waals surface area contributed by atoms with E-state index in [2.05, 4.69) is 0 Å². The SMILES string of the molecule is CCCC(=O)OC(CC[C@H]1CCCO1)CC[C@@H]1CCCO1. The Morgan fingerprint density at radius 2 is 1.67 bits per heavy atom. The predicted octanol–water partition coefficient (Wildman–Crippen LogP) is 3.62. The summed E-state index contributed by atoms with van der Waals surface area (Å²) in [7, 11) is 0. The molecule has 1 unspecified atom stereocenters. The molecule has 0 aromatic heterocycles. The molecule has 2 fully saturated rings. The van der Waals surface area contributed by atoms with Crippen molar-refractivity contribution in [3.05, 3.63) is 0 Å². The van der Waals surface area contributed by atoms with Crippen LogP contribution < -0.4 is 0 Å². The summed E-state index contributed by atoms with van der Waals surface area (Å²) < 4.78 is 17.0. The minimum Gasteiger partial charge on any atom is -0.462 e. The molecule has 2 aliphatic rings. The summed E-state index contributed by atoms with van der Waals surface area (Å²) in [4.78, 5) is 11.8. The molecule has 0 N–H and O–H groups in total. The van der Waals surface area contributed by atoms with E-state index in [-0.39, 0.29) is 12.1 Å². The van der Waals surface area contributed by atoms with Gasteiger partial charge in [-0.25, -0.2) is 0 Å². The van der Waals surface area contributed by atoms with E-state index in [1.54, 1.807) is 0 Å². The first-order chi connectivity index (χ1) is 10.3. The van der Waals surface area contributed by atoms with Crippen molar-refractivity contribution in [2.24, 2.45) is 0 Å². The number of carbonyl (C=O) groups is 1. The van der Waals surface area contributed by atoms with Crippen LogP contribution in [0, 0.1) is 0 Å². The summed E-state index contributed by atoms with van der Waals surface area (Å²) in [5, 5.41) is 0. The number of rotatable bonds is 9. The molecule has 21 heavy (non-hydrogen) atoms. The topological polar surface area (TPSA) is 44.8 Å². The van der Waals surface area contributed by atoms with Crippen LogP contribution in [-0.2, 0) is 19.0 Å². The minimum atomic E-state index is -0.0535. The van der Waals surface area contributed by atoms with E-state index in [0.29, 0.717) is 18.6 Å². The van der Waals surface area contributed by atoms with E-state index in [9.17, 15) is 4.79 Å². The maximum atomic E-state index is 11.8. The lowest BCUT2D eigenvalue weighted by atomic mass is 10.0. The Labute approximate surface area is 128 Å². The Hall–Kier alpha value is -0.610. The average molecular weight is 298 g/mol. The molecule has 0 saturated carbocycles. The second-order valence-electron chi connectivity index (χ2n) is 6.29. The Balaban J connectivity index is 1.72. The van der Waals surface area contributed by atoms with Crippen molar-refractivity contribution in [1.82, 2.24) is 0 Å². The van der Waals surface area contributed by atoms with Crippen molar-refractivity contribution in [1.29, 1.82) is 0 Å². The molecule has 0 aromatic rings. The van der Waals surface area contributed by atoms with Crippen molar-refractivity contribution in [3.8, 4) is 0 Å². The van der Waals surface area contributed by atoms with Crippen LogP contribution in [0.2, 0.25) is 0 Å². The summed E-state index contributed by atoms with van der Waals surface area (Å²) in [6, 6.07) is 0. The van der Waals surface area contributed by atoms with E-state index in [1.807, 2.05) is 6.92 Å². The highest BCUT2D eigenvalue weighted by Gasteiger charge is 2.22. The standard InChI is InChI=1S/C17H30O4/c1-2-5-17(18)21-16(10-8-14-6-3-12-19-14)11-9-15-7-4-13-20-15/h14-16H,2-13H2,1H3/t14-,15+,16?. The third-order valence-electron chi connectivity index (χ3n) is 4.42. The van der Waals surface area contributed by atoms with Gasteiger partial charge in [0.25, 0.3) is 0 Å². The highest BCUT2D eigenvalue weighted by atomic mass is 16.5. The van der Waals surface area contributed by atoms with Gasteiger partial charge in [-0.05, 0) is 57.8 Å². The number of esters is 1. The summed E-state index contributed by atoms with van der Waals surface area (Å²) in [6.07, 6.45) is 10.7. The molecule has 0 amide bonds. The lowest BCUT2D eigenvalue weighted by molar-refractivity contribution is -0.150. The maximum absolute atomic E-state index is 11.8. The molecule has 0 spiro atoms. The monoisotopic (exact) mass is 298 g/mol. The highest BCUT2D eigenvalue weighted by molar-refractivity contribution is 5.69. The number of ether oxygens (including phenoxy) is 3.